The molecule has 1 atom stereocenters. The van der Waals surface area contributed by atoms with E-state index >= 15 is 0 Å². The van der Waals surface area contributed by atoms with E-state index in [0.29, 0.717) is 61.4 Å². The first-order valence-corrected chi connectivity index (χ1v) is 13.2. The molecule has 11 heteroatoms. The Morgan fingerprint density at radius 3 is 2.49 bits per heavy atom. The molecule has 4 rings (SSSR count). The number of hydrogen-bond donors (Lipinski definition) is 1. The fourth-order valence-corrected chi connectivity index (χ4v) is 4.35. The molecule has 0 radical (unpaired) electrons. The van der Waals surface area contributed by atoms with Crippen LogP contribution in [0.25, 0.3) is 22.2 Å². The van der Waals surface area contributed by atoms with Gasteiger partial charge in [0.15, 0.2) is 0 Å². The highest BCUT2D eigenvalue weighted by Crippen LogP contribution is 2.32. The molecule has 1 aliphatic rings. The van der Waals surface area contributed by atoms with Gasteiger partial charge >= 0.3 is 6.09 Å². The van der Waals surface area contributed by atoms with Crippen LogP contribution in [0.1, 0.15) is 33.6 Å². The number of carbonyl (C=O) groups excluding carboxylic acids is 1. The number of anilines is 1. The summed E-state index contributed by atoms with van der Waals surface area (Å²) in [5.41, 5.74) is 1.24. The molecule has 1 aromatic carbocycles. The number of carbonyl (C=O) groups is 1. The van der Waals surface area contributed by atoms with Crippen molar-refractivity contribution >= 4 is 22.9 Å². The number of aromatic nitrogens is 3. The highest BCUT2D eigenvalue weighted by molar-refractivity contribution is 5.96. The van der Waals surface area contributed by atoms with Gasteiger partial charge in [0, 0.05) is 36.4 Å². The van der Waals surface area contributed by atoms with Crippen LogP contribution in [0.5, 0.6) is 5.75 Å². The van der Waals surface area contributed by atoms with Crippen molar-refractivity contribution in [3.63, 3.8) is 0 Å². The fraction of sp³-hybridized carbons (Fsp3) is 0.536. The number of fused-ring (bicyclic) bond motifs is 1. The van der Waals surface area contributed by atoms with Crippen LogP contribution in [0.3, 0.4) is 0 Å². The van der Waals surface area contributed by atoms with Crippen LogP contribution in [-0.4, -0.2) is 90.2 Å². The number of nitrogens with zero attached hydrogens (tertiary/aromatic N) is 4. The van der Waals surface area contributed by atoms with Gasteiger partial charge in [-0.05, 0) is 57.9 Å². The molecule has 2 aromatic heterocycles. The summed E-state index contributed by atoms with van der Waals surface area (Å²) in [4.78, 5) is 24.3. The number of ether oxygens (including phenoxy) is 4. The second kappa shape index (κ2) is 13.2. The summed E-state index contributed by atoms with van der Waals surface area (Å²) in [6, 6.07) is 7.34. The van der Waals surface area contributed by atoms with Crippen LogP contribution in [-0.2, 0) is 14.2 Å². The number of hydrogen-bond acceptors (Lipinski definition) is 9. The third-order valence-electron chi connectivity index (χ3n) is 6.05. The predicted molar refractivity (Wildman–Crippen MR) is 145 cm³/mol. The van der Waals surface area contributed by atoms with E-state index in [4.69, 9.17) is 18.9 Å². The maximum absolute atomic E-state index is 13.3. The zero-order chi connectivity index (χ0) is 27.8. The quantitative estimate of drug-likeness (QED) is 0.355. The van der Waals surface area contributed by atoms with Crippen LogP contribution in [0.2, 0.25) is 0 Å². The standard InChI is InChI=1S/C28H37FN4O6/c1-28(2,3)39-27(35)33-24-7-6-23(38-14-13-37-12-11-36-10-8-29)15-20(24)16-25(33)21-17-30-26(31-18-21)32-9-4-5-22(34)19-32/h6-7,15-18,22,34H,4-5,8-14,19H2,1-3H3/t22-/m1/s1. The number of benzene rings is 1. The third-order valence-corrected chi connectivity index (χ3v) is 6.05. The van der Waals surface area contributed by atoms with E-state index in [-0.39, 0.29) is 12.7 Å². The number of piperidine rings is 1. The molecule has 1 saturated heterocycles. The number of rotatable bonds is 11. The van der Waals surface area contributed by atoms with Gasteiger partial charge in [-0.2, -0.15) is 0 Å². The first kappa shape index (κ1) is 28.7. The van der Waals surface area contributed by atoms with Crippen molar-refractivity contribution in [2.75, 3.05) is 57.7 Å². The van der Waals surface area contributed by atoms with Crippen LogP contribution in [0.4, 0.5) is 15.1 Å². The Bertz CT molecular complexity index is 1230. The number of halogens is 1. The van der Waals surface area contributed by atoms with E-state index in [1.165, 1.54) is 4.57 Å². The van der Waals surface area contributed by atoms with Crippen LogP contribution >= 0.6 is 0 Å². The van der Waals surface area contributed by atoms with Crippen molar-refractivity contribution in [2.24, 2.45) is 0 Å². The normalized spacial score (nSPS) is 16.0. The molecule has 0 unspecified atom stereocenters. The van der Waals surface area contributed by atoms with Crippen molar-refractivity contribution in [3.05, 3.63) is 36.7 Å². The Labute approximate surface area is 227 Å². The third kappa shape index (κ3) is 7.87. The maximum atomic E-state index is 13.3. The van der Waals surface area contributed by atoms with Gasteiger partial charge in [-0.25, -0.2) is 23.7 Å². The summed E-state index contributed by atoms with van der Waals surface area (Å²) in [5.74, 6) is 1.17. The lowest BCUT2D eigenvalue weighted by Crippen LogP contribution is -2.39. The summed E-state index contributed by atoms with van der Waals surface area (Å²) < 4.78 is 35.6. The van der Waals surface area contributed by atoms with Crippen LogP contribution in [0.15, 0.2) is 36.7 Å². The fourth-order valence-electron chi connectivity index (χ4n) is 4.35. The van der Waals surface area contributed by atoms with Crippen molar-refractivity contribution in [1.82, 2.24) is 14.5 Å². The SMILES string of the molecule is CC(C)(C)OC(=O)n1c(-c2cnc(N3CCC[C@@H](O)C3)nc2)cc2cc(OCCOCCOCCF)ccc21. The highest BCUT2D eigenvalue weighted by Gasteiger charge is 2.24. The van der Waals surface area contributed by atoms with Gasteiger partial charge in [0.2, 0.25) is 5.95 Å². The second-order valence-corrected chi connectivity index (χ2v) is 10.3. The topological polar surface area (TPSA) is 108 Å². The van der Waals surface area contributed by atoms with Gasteiger partial charge < -0.3 is 29.0 Å². The van der Waals surface area contributed by atoms with Gasteiger partial charge in [0.1, 0.15) is 24.6 Å². The molecule has 0 saturated carbocycles. The van der Waals surface area contributed by atoms with Crippen molar-refractivity contribution in [2.45, 2.75) is 45.3 Å². The summed E-state index contributed by atoms with van der Waals surface area (Å²) in [6.45, 7) is 7.70. The Morgan fingerprint density at radius 2 is 1.79 bits per heavy atom. The Hall–Kier alpha value is -3.28. The van der Waals surface area contributed by atoms with Crippen molar-refractivity contribution < 1.29 is 33.2 Å². The molecule has 0 spiro atoms. The summed E-state index contributed by atoms with van der Waals surface area (Å²) in [5, 5.41) is 10.8. The van der Waals surface area contributed by atoms with E-state index in [1.54, 1.807) is 18.5 Å². The highest BCUT2D eigenvalue weighted by atomic mass is 19.1. The van der Waals surface area contributed by atoms with Crippen molar-refractivity contribution in [3.8, 4) is 17.0 Å². The zero-order valence-corrected chi connectivity index (χ0v) is 22.8. The monoisotopic (exact) mass is 544 g/mol. The molecule has 39 heavy (non-hydrogen) atoms. The van der Waals surface area contributed by atoms with Crippen LogP contribution < -0.4 is 9.64 Å². The molecule has 0 bridgehead atoms. The largest absolute Gasteiger partial charge is 0.491 e. The van der Waals surface area contributed by atoms with E-state index in [2.05, 4.69) is 9.97 Å². The van der Waals surface area contributed by atoms with Gasteiger partial charge in [-0.3, -0.25) is 0 Å². The van der Waals surface area contributed by atoms with Crippen LogP contribution in [0, 0.1) is 0 Å². The van der Waals surface area contributed by atoms with E-state index in [1.807, 2.05) is 43.9 Å². The zero-order valence-electron chi connectivity index (χ0n) is 22.8. The molecule has 0 aliphatic carbocycles. The molecule has 1 N–H and O–H groups in total. The molecule has 3 aromatic rings. The van der Waals surface area contributed by atoms with E-state index in [0.717, 1.165) is 24.8 Å². The molecule has 212 valence electrons. The summed E-state index contributed by atoms with van der Waals surface area (Å²) in [7, 11) is 0. The second-order valence-electron chi connectivity index (χ2n) is 10.3. The minimum Gasteiger partial charge on any atom is -0.491 e. The average Bonchev–Trinajstić information content (AvgIpc) is 3.28. The Morgan fingerprint density at radius 1 is 1.08 bits per heavy atom. The van der Waals surface area contributed by atoms with E-state index < -0.39 is 18.4 Å². The van der Waals surface area contributed by atoms with Crippen molar-refractivity contribution in [1.29, 1.82) is 0 Å². The lowest BCUT2D eigenvalue weighted by atomic mass is 10.1. The number of alkyl halides is 1. The van der Waals surface area contributed by atoms with Gasteiger partial charge in [-0.1, -0.05) is 0 Å². The molecule has 1 fully saturated rings. The molecule has 0 amide bonds. The number of aliphatic hydroxyl groups excluding tert-OH is 1. The lowest BCUT2D eigenvalue weighted by molar-refractivity contribution is 0.0325. The van der Waals surface area contributed by atoms with Gasteiger partial charge in [0.25, 0.3) is 0 Å². The van der Waals surface area contributed by atoms with E-state index in [9.17, 15) is 14.3 Å². The number of β-amino-alcohol motifs (C(OH)–C–C–N with tert-alkyl or cyclic N) is 1. The first-order valence-electron chi connectivity index (χ1n) is 13.2. The maximum Gasteiger partial charge on any atom is 0.419 e. The molecule has 1 aliphatic heterocycles. The minimum absolute atomic E-state index is 0.0731. The summed E-state index contributed by atoms with van der Waals surface area (Å²) >= 11 is 0. The molecule has 10 nitrogen and oxygen atoms in total. The van der Waals surface area contributed by atoms with Gasteiger partial charge in [-0.15, -0.1) is 0 Å². The molecular weight excluding hydrogens is 507 g/mol. The first-order chi connectivity index (χ1) is 18.7. The Kier molecular flexibility index (Phi) is 9.71. The smallest absolute Gasteiger partial charge is 0.419 e. The average molecular weight is 545 g/mol. The minimum atomic E-state index is -0.680. The van der Waals surface area contributed by atoms with Gasteiger partial charge in [0.05, 0.1) is 43.7 Å². The Balaban J connectivity index is 1.53. The predicted octanol–water partition coefficient (Wildman–Crippen LogP) is 4.22. The molecule has 3 heterocycles. The number of aliphatic hydroxyl groups is 1. The summed E-state index contributed by atoms with van der Waals surface area (Å²) in [6.07, 6.45) is 4.13. The molecular formula is C28H37FN4O6. The lowest BCUT2D eigenvalue weighted by Gasteiger charge is -2.29.